The number of aryl methyl sites for hydroxylation is 3. The summed E-state index contributed by atoms with van der Waals surface area (Å²) < 4.78 is 2.28. The van der Waals surface area contributed by atoms with Gasteiger partial charge in [-0.25, -0.2) is 4.98 Å². The van der Waals surface area contributed by atoms with Crippen LogP contribution < -0.4 is 5.32 Å². The topological polar surface area (TPSA) is 46.9 Å². The highest BCUT2D eigenvalue weighted by atomic mass is 16.1. The highest BCUT2D eigenvalue weighted by Gasteiger charge is 2.25. The van der Waals surface area contributed by atoms with Gasteiger partial charge in [0.1, 0.15) is 5.82 Å². The fourth-order valence-electron chi connectivity index (χ4n) is 4.97. The molecular formula is C26H33N3O. The quantitative estimate of drug-likeness (QED) is 0.588. The highest BCUT2D eigenvalue weighted by Crippen LogP contribution is 2.27. The number of para-hydroxylation sites is 2. The lowest BCUT2D eigenvalue weighted by atomic mass is 9.88. The second-order valence-corrected chi connectivity index (χ2v) is 8.99. The molecule has 4 rings (SSSR count). The fraction of sp³-hybridized carbons (Fsp3) is 0.462. The summed E-state index contributed by atoms with van der Waals surface area (Å²) in [7, 11) is 0. The Kier molecular flexibility index (Phi) is 5.94. The van der Waals surface area contributed by atoms with Crippen molar-refractivity contribution in [3.05, 3.63) is 64.5 Å². The molecule has 1 aliphatic rings. The number of fused-ring (bicyclic) bond motifs is 1. The standard InChI is InChI=1S/C26H33N3O/c1-17-14-18(2)22(19(3)15-17)16-29-24-13-9-8-12-23(24)28-25(29)20(4)27-26(30)21-10-6-5-7-11-21/h8-9,12-15,20-21H,5-7,10-11,16H2,1-4H3,(H,27,30). The van der Waals surface area contributed by atoms with E-state index in [1.54, 1.807) is 0 Å². The van der Waals surface area contributed by atoms with Crippen molar-refractivity contribution in [1.29, 1.82) is 0 Å². The number of rotatable bonds is 5. The van der Waals surface area contributed by atoms with Gasteiger partial charge in [-0.15, -0.1) is 0 Å². The Morgan fingerprint density at radius 3 is 2.47 bits per heavy atom. The Morgan fingerprint density at radius 2 is 1.77 bits per heavy atom. The van der Waals surface area contributed by atoms with Gasteiger partial charge in [-0.05, 0) is 69.4 Å². The maximum Gasteiger partial charge on any atom is 0.223 e. The van der Waals surface area contributed by atoms with Gasteiger partial charge in [-0.1, -0.05) is 49.1 Å². The van der Waals surface area contributed by atoms with Crippen LogP contribution >= 0.6 is 0 Å². The zero-order chi connectivity index (χ0) is 21.3. The molecular weight excluding hydrogens is 370 g/mol. The Morgan fingerprint density at radius 1 is 1.10 bits per heavy atom. The van der Waals surface area contributed by atoms with Crippen molar-refractivity contribution in [2.75, 3.05) is 0 Å². The van der Waals surface area contributed by atoms with E-state index in [2.05, 4.69) is 67.9 Å². The molecule has 0 bridgehead atoms. The number of nitrogens with zero attached hydrogens (tertiary/aromatic N) is 2. The summed E-state index contributed by atoms with van der Waals surface area (Å²) in [6.45, 7) is 9.33. The molecule has 1 heterocycles. The minimum absolute atomic E-state index is 0.127. The van der Waals surface area contributed by atoms with Crippen molar-refractivity contribution >= 4 is 16.9 Å². The van der Waals surface area contributed by atoms with Gasteiger partial charge in [0.2, 0.25) is 5.91 Å². The van der Waals surface area contributed by atoms with Crippen molar-refractivity contribution in [3.8, 4) is 0 Å². The molecule has 0 spiro atoms. The Hall–Kier alpha value is -2.62. The lowest BCUT2D eigenvalue weighted by molar-refractivity contribution is -0.126. The van der Waals surface area contributed by atoms with Gasteiger partial charge in [0.15, 0.2) is 0 Å². The van der Waals surface area contributed by atoms with Gasteiger partial charge in [-0.2, -0.15) is 0 Å². The van der Waals surface area contributed by atoms with Gasteiger partial charge >= 0.3 is 0 Å². The molecule has 4 nitrogen and oxygen atoms in total. The molecule has 0 radical (unpaired) electrons. The third-order valence-electron chi connectivity index (χ3n) is 6.56. The average Bonchev–Trinajstić information content (AvgIpc) is 3.10. The zero-order valence-electron chi connectivity index (χ0n) is 18.7. The van der Waals surface area contributed by atoms with Gasteiger partial charge < -0.3 is 9.88 Å². The Labute approximate surface area is 179 Å². The smallest absolute Gasteiger partial charge is 0.223 e. The fourth-order valence-corrected chi connectivity index (χ4v) is 4.97. The summed E-state index contributed by atoms with van der Waals surface area (Å²) in [6, 6.07) is 12.6. The number of amides is 1. The van der Waals surface area contributed by atoms with E-state index in [0.29, 0.717) is 0 Å². The van der Waals surface area contributed by atoms with Crippen LogP contribution in [-0.4, -0.2) is 15.5 Å². The van der Waals surface area contributed by atoms with Crippen molar-refractivity contribution in [2.45, 2.75) is 72.4 Å². The molecule has 1 unspecified atom stereocenters. The first-order valence-corrected chi connectivity index (χ1v) is 11.3. The minimum atomic E-state index is -0.127. The molecule has 1 atom stereocenters. The normalized spacial score (nSPS) is 16.0. The number of carbonyl (C=O) groups is 1. The van der Waals surface area contributed by atoms with Crippen LogP contribution in [0.4, 0.5) is 0 Å². The highest BCUT2D eigenvalue weighted by molar-refractivity contribution is 5.80. The van der Waals surface area contributed by atoms with Crippen LogP contribution in [0.3, 0.4) is 0 Å². The van der Waals surface area contributed by atoms with Gasteiger partial charge in [0.25, 0.3) is 0 Å². The predicted molar refractivity (Wildman–Crippen MR) is 123 cm³/mol. The lowest BCUT2D eigenvalue weighted by Crippen LogP contribution is -2.35. The van der Waals surface area contributed by atoms with Crippen LogP contribution in [0, 0.1) is 26.7 Å². The van der Waals surface area contributed by atoms with Crippen molar-refractivity contribution in [2.24, 2.45) is 5.92 Å². The van der Waals surface area contributed by atoms with E-state index in [0.717, 1.165) is 49.1 Å². The number of nitrogens with one attached hydrogen (secondary N) is 1. The lowest BCUT2D eigenvalue weighted by Gasteiger charge is -2.24. The van der Waals surface area contributed by atoms with E-state index in [9.17, 15) is 4.79 Å². The van der Waals surface area contributed by atoms with Gasteiger partial charge in [0, 0.05) is 12.5 Å². The van der Waals surface area contributed by atoms with E-state index in [1.807, 2.05) is 6.07 Å². The summed E-state index contributed by atoms with van der Waals surface area (Å²) in [5.41, 5.74) is 7.32. The van der Waals surface area contributed by atoms with Crippen molar-refractivity contribution < 1.29 is 4.79 Å². The van der Waals surface area contributed by atoms with Gasteiger partial charge in [0.05, 0.1) is 17.1 Å². The molecule has 1 saturated carbocycles. The molecule has 1 aliphatic carbocycles. The molecule has 30 heavy (non-hydrogen) atoms. The maximum absolute atomic E-state index is 12.9. The number of aromatic nitrogens is 2. The van der Waals surface area contributed by atoms with Crippen LogP contribution in [0.5, 0.6) is 0 Å². The van der Waals surface area contributed by atoms with Crippen molar-refractivity contribution in [3.63, 3.8) is 0 Å². The minimum Gasteiger partial charge on any atom is -0.346 e. The summed E-state index contributed by atoms with van der Waals surface area (Å²) in [5, 5.41) is 3.27. The second kappa shape index (κ2) is 8.63. The van der Waals surface area contributed by atoms with Crippen LogP contribution in [0.25, 0.3) is 11.0 Å². The van der Waals surface area contributed by atoms with E-state index in [1.165, 1.54) is 28.7 Å². The average molecular weight is 404 g/mol. The largest absolute Gasteiger partial charge is 0.346 e. The molecule has 1 fully saturated rings. The summed E-state index contributed by atoms with van der Waals surface area (Å²) in [4.78, 5) is 17.8. The molecule has 0 saturated heterocycles. The van der Waals surface area contributed by atoms with E-state index in [-0.39, 0.29) is 17.9 Å². The molecule has 1 amide bonds. The van der Waals surface area contributed by atoms with Crippen LogP contribution in [0.2, 0.25) is 0 Å². The van der Waals surface area contributed by atoms with Crippen LogP contribution in [0.1, 0.15) is 73.1 Å². The molecule has 1 N–H and O–H groups in total. The summed E-state index contributed by atoms with van der Waals surface area (Å²) in [5.74, 6) is 1.27. The first kappa shape index (κ1) is 20.6. The predicted octanol–water partition coefficient (Wildman–Crippen LogP) is 5.77. The van der Waals surface area contributed by atoms with E-state index < -0.39 is 0 Å². The zero-order valence-corrected chi connectivity index (χ0v) is 18.7. The Balaban J connectivity index is 1.67. The van der Waals surface area contributed by atoms with E-state index >= 15 is 0 Å². The SMILES string of the molecule is Cc1cc(C)c(Cn2c(C(C)NC(=O)C3CCCCC3)nc3ccccc32)c(C)c1. The first-order chi connectivity index (χ1) is 14.4. The molecule has 3 aromatic rings. The molecule has 4 heteroatoms. The number of benzene rings is 2. The monoisotopic (exact) mass is 403 g/mol. The summed E-state index contributed by atoms with van der Waals surface area (Å²) in [6.07, 6.45) is 5.60. The second-order valence-electron chi connectivity index (χ2n) is 8.99. The maximum atomic E-state index is 12.9. The van der Waals surface area contributed by atoms with Crippen molar-refractivity contribution in [1.82, 2.24) is 14.9 Å². The molecule has 0 aliphatic heterocycles. The number of carbonyl (C=O) groups excluding carboxylic acids is 1. The van der Waals surface area contributed by atoms with Crippen LogP contribution in [-0.2, 0) is 11.3 Å². The molecule has 158 valence electrons. The van der Waals surface area contributed by atoms with E-state index in [4.69, 9.17) is 4.98 Å². The first-order valence-electron chi connectivity index (χ1n) is 11.3. The third kappa shape index (κ3) is 4.14. The van der Waals surface area contributed by atoms with Gasteiger partial charge in [-0.3, -0.25) is 4.79 Å². The Bertz CT molecular complexity index is 1040. The molecule has 1 aromatic heterocycles. The van der Waals surface area contributed by atoms with Crippen LogP contribution in [0.15, 0.2) is 36.4 Å². The number of hydrogen-bond acceptors (Lipinski definition) is 2. The summed E-state index contributed by atoms with van der Waals surface area (Å²) >= 11 is 0. The number of imidazole rings is 1. The number of hydrogen-bond donors (Lipinski definition) is 1. The molecule has 2 aromatic carbocycles. The third-order valence-corrected chi connectivity index (χ3v) is 6.56.